The van der Waals surface area contributed by atoms with Crippen molar-refractivity contribution in [1.82, 2.24) is 5.32 Å². The van der Waals surface area contributed by atoms with Crippen LogP contribution >= 0.6 is 11.3 Å². The monoisotopic (exact) mass is 462 g/mol. The molecule has 0 aliphatic heterocycles. The third-order valence-corrected chi connectivity index (χ3v) is 5.57. The fourth-order valence-corrected chi connectivity index (χ4v) is 3.89. The van der Waals surface area contributed by atoms with Gasteiger partial charge in [-0.05, 0) is 50.5 Å². The maximum atomic E-state index is 12.3. The molecule has 0 bridgehead atoms. The molecule has 0 radical (unpaired) electrons. The summed E-state index contributed by atoms with van der Waals surface area (Å²) in [6, 6.07) is 5.60. The van der Waals surface area contributed by atoms with Gasteiger partial charge >= 0.3 is 11.9 Å². The van der Waals surface area contributed by atoms with Gasteiger partial charge in [0.25, 0.3) is 11.8 Å². The highest BCUT2D eigenvalue weighted by Gasteiger charge is 2.26. The number of carbonyl (C=O) groups excluding carboxylic acids is 4. The van der Waals surface area contributed by atoms with E-state index in [-0.39, 0.29) is 28.7 Å². The summed E-state index contributed by atoms with van der Waals surface area (Å²) in [5, 5.41) is 5.15. The molecule has 0 fully saturated rings. The van der Waals surface area contributed by atoms with Gasteiger partial charge in [0.2, 0.25) is 0 Å². The Hall–Kier alpha value is -3.40. The van der Waals surface area contributed by atoms with Crippen LogP contribution < -0.4 is 15.4 Å². The highest BCUT2D eigenvalue weighted by Crippen LogP contribution is 2.33. The molecule has 0 aliphatic rings. The Bertz CT molecular complexity index is 1030. The summed E-state index contributed by atoms with van der Waals surface area (Å²) in [4.78, 5) is 48.9. The molecule has 32 heavy (non-hydrogen) atoms. The fourth-order valence-electron chi connectivity index (χ4n) is 2.73. The molecule has 9 nitrogen and oxygen atoms in total. The van der Waals surface area contributed by atoms with E-state index in [9.17, 15) is 19.2 Å². The fraction of sp³-hybridized carbons (Fsp3) is 0.364. The Balaban J connectivity index is 2.01. The van der Waals surface area contributed by atoms with E-state index in [0.29, 0.717) is 11.3 Å². The summed E-state index contributed by atoms with van der Waals surface area (Å²) in [6.45, 7) is 6.19. The maximum absolute atomic E-state index is 12.3. The van der Waals surface area contributed by atoms with Crippen LogP contribution in [0, 0.1) is 20.8 Å². The first-order valence-corrected chi connectivity index (χ1v) is 10.7. The number of ether oxygens (including phenoxy) is 3. The lowest BCUT2D eigenvalue weighted by molar-refractivity contribution is -0.149. The zero-order valence-corrected chi connectivity index (χ0v) is 19.4. The molecule has 2 aromatic rings. The van der Waals surface area contributed by atoms with Crippen LogP contribution in [0.5, 0.6) is 5.75 Å². The number of hydrogen-bond donors (Lipinski definition) is 2. The van der Waals surface area contributed by atoms with Crippen molar-refractivity contribution in [2.75, 3.05) is 32.2 Å². The Labute approximate surface area is 190 Å². The summed E-state index contributed by atoms with van der Waals surface area (Å²) in [6.07, 6.45) is 0. The lowest BCUT2D eigenvalue weighted by Gasteiger charge is -2.10. The van der Waals surface area contributed by atoms with E-state index in [1.165, 1.54) is 7.05 Å². The third kappa shape index (κ3) is 6.30. The van der Waals surface area contributed by atoms with Gasteiger partial charge in [0.15, 0.2) is 13.2 Å². The SMILES string of the molecule is CCOC(=O)c1c(NC(=O)COC(=O)COc2cc(C)ccc2C)sc(C(=O)NC)c1C. The van der Waals surface area contributed by atoms with Gasteiger partial charge in [-0.1, -0.05) is 12.1 Å². The van der Waals surface area contributed by atoms with Crippen LogP contribution in [0.25, 0.3) is 0 Å². The molecule has 10 heteroatoms. The molecule has 2 rings (SSSR count). The zero-order chi connectivity index (χ0) is 23.8. The summed E-state index contributed by atoms with van der Waals surface area (Å²) in [5.74, 6) is -1.89. The Morgan fingerprint density at radius 2 is 1.75 bits per heavy atom. The minimum absolute atomic E-state index is 0.0911. The minimum atomic E-state index is -0.722. The molecule has 172 valence electrons. The van der Waals surface area contributed by atoms with Gasteiger partial charge in [-0.15, -0.1) is 11.3 Å². The molecular weight excluding hydrogens is 436 g/mol. The van der Waals surface area contributed by atoms with Gasteiger partial charge in [0, 0.05) is 7.05 Å². The van der Waals surface area contributed by atoms with Gasteiger partial charge in [-0.3, -0.25) is 9.59 Å². The normalized spacial score (nSPS) is 10.3. The first kappa shape index (κ1) is 24.9. The number of amides is 2. The first-order chi connectivity index (χ1) is 15.2. The van der Waals surface area contributed by atoms with E-state index >= 15 is 0 Å². The van der Waals surface area contributed by atoms with Crippen molar-refractivity contribution in [3.8, 4) is 5.75 Å². The second kappa shape index (κ2) is 11.3. The van der Waals surface area contributed by atoms with Crippen LogP contribution in [-0.4, -0.2) is 50.6 Å². The van der Waals surface area contributed by atoms with Crippen LogP contribution in [0.15, 0.2) is 18.2 Å². The third-order valence-electron chi connectivity index (χ3n) is 4.37. The molecule has 0 aliphatic carbocycles. The van der Waals surface area contributed by atoms with E-state index in [4.69, 9.17) is 14.2 Å². The summed E-state index contributed by atoms with van der Waals surface area (Å²) >= 11 is 0.936. The second-order valence-electron chi connectivity index (χ2n) is 6.83. The van der Waals surface area contributed by atoms with Crippen molar-refractivity contribution < 1.29 is 33.4 Å². The van der Waals surface area contributed by atoms with Crippen molar-refractivity contribution in [3.63, 3.8) is 0 Å². The van der Waals surface area contributed by atoms with Crippen LogP contribution in [0.4, 0.5) is 5.00 Å². The highest BCUT2D eigenvalue weighted by atomic mass is 32.1. The van der Waals surface area contributed by atoms with Crippen molar-refractivity contribution in [3.05, 3.63) is 45.3 Å². The lowest BCUT2D eigenvalue weighted by atomic mass is 10.1. The molecule has 1 aromatic heterocycles. The van der Waals surface area contributed by atoms with Gasteiger partial charge in [0.05, 0.1) is 17.0 Å². The number of esters is 2. The number of thiophene rings is 1. The van der Waals surface area contributed by atoms with Crippen LogP contribution in [0.2, 0.25) is 0 Å². The predicted molar refractivity (Wildman–Crippen MR) is 119 cm³/mol. The number of rotatable bonds is 9. The van der Waals surface area contributed by atoms with E-state index in [2.05, 4.69) is 10.6 Å². The number of anilines is 1. The molecule has 0 atom stereocenters. The smallest absolute Gasteiger partial charge is 0.344 e. The summed E-state index contributed by atoms with van der Waals surface area (Å²) in [7, 11) is 1.46. The molecule has 0 spiro atoms. The summed E-state index contributed by atoms with van der Waals surface area (Å²) in [5.41, 5.74) is 2.33. The van der Waals surface area contributed by atoms with Gasteiger partial charge < -0.3 is 24.8 Å². The molecule has 0 saturated heterocycles. The number of nitrogens with one attached hydrogen (secondary N) is 2. The standard InChI is InChI=1S/C22H26N2O7S/c1-6-29-22(28)18-14(4)19(20(27)23-5)32-21(18)24-16(25)10-31-17(26)11-30-15-9-12(2)7-8-13(15)3/h7-9H,6,10-11H2,1-5H3,(H,23,27)(H,24,25). The predicted octanol–water partition coefficient (Wildman–Crippen LogP) is 2.77. The number of benzene rings is 1. The number of hydrogen-bond acceptors (Lipinski definition) is 8. The zero-order valence-electron chi connectivity index (χ0n) is 18.6. The molecule has 2 amide bonds. The average Bonchev–Trinajstić information content (AvgIpc) is 3.08. The van der Waals surface area contributed by atoms with E-state index < -0.39 is 30.4 Å². The highest BCUT2D eigenvalue weighted by molar-refractivity contribution is 7.18. The lowest BCUT2D eigenvalue weighted by Crippen LogP contribution is -2.24. The van der Waals surface area contributed by atoms with Crippen LogP contribution in [0.3, 0.4) is 0 Å². The van der Waals surface area contributed by atoms with Gasteiger partial charge in [-0.25, -0.2) is 9.59 Å². The maximum Gasteiger partial charge on any atom is 0.344 e. The quantitative estimate of drug-likeness (QED) is 0.550. The van der Waals surface area contributed by atoms with Crippen LogP contribution in [0.1, 0.15) is 43.6 Å². The largest absolute Gasteiger partial charge is 0.482 e. The number of carbonyl (C=O) groups is 4. The van der Waals surface area contributed by atoms with Crippen LogP contribution in [-0.2, 0) is 19.1 Å². The number of aryl methyl sites for hydroxylation is 2. The molecule has 1 heterocycles. The average molecular weight is 463 g/mol. The van der Waals surface area contributed by atoms with Gasteiger partial charge in [0.1, 0.15) is 10.8 Å². The topological polar surface area (TPSA) is 120 Å². The van der Waals surface area contributed by atoms with E-state index in [0.717, 1.165) is 22.5 Å². The first-order valence-electron chi connectivity index (χ1n) is 9.86. The Kier molecular flexibility index (Phi) is 8.77. The van der Waals surface area contributed by atoms with Crippen molar-refractivity contribution in [1.29, 1.82) is 0 Å². The van der Waals surface area contributed by atoms with E-state index in [1.807, 2.05) is 26.0 Å². The molecule has 2 N–H and O–H groups in total. The van der Waals surface area contributed by atoms with Crippen molar-refractivity contribution in [2.24, 2.45) is 0 Å². The summed E-state index contributed by atoms with van der Waals surface area (Å²) < 4.78 is 15.4. The Morgan fingerprint density at radius 3 is 2.41 bits per heavy atom. The van der Waals surface area contributed by atoms with E-state index in [1.54, 1.807) is 19.9 Å². The van der Waals surface area contributed by atoms with Crippen molar-refractivity contribution >= 4 is 40.1 Å². The molecular formula is C22H26N2O7S. The Morgan fingerprint density at radius 1 is 1.03 bits per heavy atom. The van der Waals surface area contributed by atoms with Crippen molar-refractivity contribution in [2.45, 2.75) is 27.7 Å². The molecule has 0 saturated carbocycles. The minimum Gasteiger partial charge on any atom is -0.482 e. The molecule has 0 unspecified atom stereocenters. The van der Waals surface area contributed by atoms with Gasteiger partial charge in [-0.2, -0.15) is 0 Å². The molecule has 1 aromatic carbocycles. The second-order valence-corrected chi connectivity index (χ2v) is 7.85.